The van der Waals surface area contributed by atoms with E-state index in [0.29, 0.717) is 11.8 Å². The van der Waals surface area contributed by atoms with Gasteiger partial charge in [0, 0.05) is 12.1 Å². The van der Waals surface area contributed by atoms with Crippen LogP contribution in [0.15, 0.2) is 36.4 Å². The highest BCUT2D eigenvalue weighted by molar-refractivity contribution is 5.85. The van der Waals surface area contributed by atoms with Gasteiger partial charge in [0.25, 0.3) is 0 Å². The molecule has 0 heterocycles. The fourth-order valence-electron chi connectivity index (χ4n) is 4.18. The molecule has 0 spiro atoms. The van der Waals surface area contributed by atoms with Crippen molar-refractivity contribution in [2.75, 3.05) is 0 Å². The van der Waals surface area contributed by atoms with Crippen molar-refractivity contribution in [1.29, 1.82) is 0 Å². The predicted octanol–water partition coefficient (Wildman–Crippen LogP) is 6.23. The summed E-state index contributed by atoms with van der Waals surface area (Å²) in [6, 6.07) is 13.9. The molecule has 0 bridgehead atoms. The van der Waals surface area contributed by atoms with Crippen LogP contribution in [0.2, 0.25) is 0 Å². The first-order valence-corrected chi connectivity index (χ1v) is 10.2. The number of halogens is 1. The zero-order valence-electron chi connectivity index (χ0n) is 18.4. The van der Waals surface area contributed by atoms with Gasteiger partial charge in [-0.15, -0.1) is 12.4 Å². The Morgan fingerprint density at radius 2 is 1.32 bits per heavy atom. The van der Waals surface area contributed by atoms with Gasteiger partial charge in [-0.25, -0.2) is 0 Å². The van der Waals surface area contributed by atoms with E-state index < -0.39 is 0 Å². The lowest BCUT2D eigenvalue weighted by Gasteiger charge is -2.30. The predicted molar refractivity (Wildman–Crippen MR) is 122 cm³/mol. The van der Waals surface area contributed by atoms with Crippen molar-refractivity contribution >= 4 is 12.4 Å². The van der Waals surface area contributed by atoms with E-state index in [9.17, 15) is 5.11 Å². The summed E-state index contributed by atoms with van der Waals surface area (Å²) in [6.07, 6.45) is 2.19. The van der Waals surface area contributed by atoms with E-state index in [2.05, 4.69) is 90.2 Å². The molecule has 154 valence electrons. The smallest absolute Gasteiger partial charge is 0.123 e. The molecule has 2 nitrogen and oxygen atoms in total. The number of phenolic OH excluding ortho intramolecular Hbond substituents is 1. The maximum absolute atomic E-state index is 10.9. The third-order valence-electron chi connectivity index (χ3n) is 5.78. The van der Waals surface area contributed by atoms with Crippen molar-refractivity contribution in [3.8, 4) is 5.75 Å². The summed E-state index contributed by atoms with van der Waals surface area (Å²) in [5, 5.41) is 14.8. The molecule has 2 aromatic rings. The molecular weight excluding hydrogens is 366 g/mol. The number of hydrogen-bond acceptors (Lipinski definition) is 2. The maximum atomic E-state index is 10.9. The van der Waals surface area contributed by atoms with Crippen LogP contribution in [0.4, 0.5) is 0 Å². The van der Waals surface area contributed by atoms with Crippen LogP contribution in [0.3, 0.4) is 0 Å². The van der Waals surface area contributed by atoms with Crippen LogP contribution in [0.5, 0.6) is 5.75 Å². The van der Waals surface area contributed by atoms with Crippen molar-refractivity contribution in [3.05, 3.63) is 64.2 Å². The Kier molecular flexibility index (Phi) is 6.57. The van der Waals surface area contributed by atoms with E-state index in [1.165, 1.54) is 16.7 Å². The van der Waals surface area contributed by atoms with E-state index in [0.717, 1.165) is 24.0 Å². The van der Waals surface area contributed by atoms with Crippen molar-refractivity contribution in [3.63, 3.8) is 0 Å². The minimum Gasteiger partial charge on any atom is -0.507 e. The molecule has 1 unspecified atom stereocenters. The second-order valence-corrected chi connectivity index (χ2v) is 10.2. The van der Waals surface area contributed by atoms with E-state index in [1.807, 2.05) is 0 Å². The van der Waals surface area contributed by atoms with Crippen LogP contribution in [0.25, 0.3) is 0 Å². The lowest BCUT2D eigenvalue weighted by Crippen LogP contribution is -2.32. The zero-order valence-corrected chi connectivity index (χ0v) is 19.2. The normalized spacial score (nSPS) is 15.8. The monoisotopic (exact) mass is 401 g/mol. The van der Waals surface area contributed by atoms with Gasteiger partial charge in [0.05, 0.1) is 0 Å². The third-order valence-corrected chi connectivity index (χ3v) is 5.78. The Labute approximate surface area is 177 Å². The van der Waals surface area contributed by atoms with Gasteiger partial charge in [0.1, 0.15) is 5.75 Å². The number of nitrogens with one attached hydrogen (secondary N) is 1. The van der Waals surface area contributed by atoms with Gasteiger partial charge < -0.3 is 10.4 Å². The molecule has 0 radical (unpaired) electrons. The van der Waals surface area contributed by atoms with Gasteiger partial charge >= 0.3 is 0 Å². The highest BCUT2D eigenvalue weighted by Crippen LogP contribution is 2.41. The SMILES string of the molecule is CC(NC1Cc2ccccc2C1)c1cc(C(C)(C)C)c(O)c(C(C)(C)C)c1.Cl. The van der Waals surface area contributed by atoms with Gasteiger partial charge in [0.15, 0.2) is 0 Å². The molecule has 0 saturated heterocycles. The Hall–Kier alpha value is -1.51. The van der Waals surface area contributed by atoms with E-state index in [-0.39, 0.29) is 29.3 Å². The Bertz CT molecular complexity index is 769. The second-order valence-electron chi connectivity index (χ2n) is 10.2. The molecule has 1 aliphatic rings. The third kappa shape index (κ3) is 4.72. The maximum Gasteiger partial charge on any atom is 0.123 e. The minimum absolute atomic E-state index is 0. The standard InChI is InChI=1S/C25H35NO.ClH/c1-16(26-20-12-17-10-8-9-11-18(17)13-20)19-14-21(24(2,3)4)23(27)22(15-19)25(5,6)7;/h8-11,14-16,20,26-27H,12-13H2,1-7H3;1H. The number of rotatable bonds is 3. The number of fused-ring (bicyclic) bond motifs is 1. The number of aromatic hydroxyl groups is 1. The lowest BCUT2D eigenvalue weighted by molar-refractivity contribution is 0.419. The van der Waals surface area contributed by atoms with Crippen LogP contribution in [-0.4, -0.2) is 11.1 Å². The van der Waals surface area contributed by atoms with Crippen LogP contribution in [0, 0.1) is 0 Å². The van der Waals surface area contributed by atoms with Gasteiger partial charge in [-0.05, 0) is 58.4 Å². The Morgan fingerprint density at radius 3 is 1.71 bits per heavy atom. The first-order chi connectivity index (χ1) is 12.5. The molecule has 2 N–H and O–H groups in total. The number of hydrogen-bond donors (Lipinski definition) is 2. The molecule has 0 saturated carbocycles. The summed E-state index contributed by atoms with van der Waals surface area (Å²) in [4.78, 5) is 0. The van der Waals surface area contributed by atoms with Crippen LogP contribution in [0.1, 0.15) is 82.3 Å². The van der Waals surface area contributed by atoms with Crippen molar-refractivity contribution in [2.45, 2.75) is 84.2 Å². The first-order valence-electron chi connectivity index (χ1n) is 10.2. The van der Waals surface area contributed by atoms with Crippen molar-refractivity contribution < 1.29 is 5.11 Å². The van der Waals surface area contributed by atoms with E-state index in [4.69, 9.17) is 0 Å². The van der Waals surface area contributed by atoms with Crippen LogP contribution in [-0.2, 0) is 23.7 Å². The molecular formula is C25H36ClNO. The highest BCUT2D eigenvalue weighted by atomic mass is 35.5. The molecule has 0 aliphatic heterocycles. The van der Waals surface area contributed by atoms with Gasteiger partial charge in [-0.3, -0.25) is 0 Å². The van der Waals surface area contributed by atoms with Crippen molar-refractivity contribution in [1.82, 2.24) is 5.32 Å². The molecule has 3 heteroatoms. The molecule has 0 fully saturated rings. The minimum atomic E-state index is -0.0938. The quantitative estimate of drug-likeness (QED) is 0.639. The fraction of sp³-hybridized carbons (Fsp3) is 0.520. The second kappa shape index (κ2) is 8.08. The molecule has 28 heavy (non-hydrogen) atoms. The summed E-state index contributed by atoms with van der Waals surface area (Å²) >= 11 is 0. The van der Waals surface area contributed by atoms with Crippen LogP contribution >= 0.6 is 12.4 Å². The van der Waals surface area contributed by atoms with E-state index >= 15 is 0 Å². The van der Waals surface area contributed by atoms with Gasteiger partial charge in [-0.2, -0.15) is 0 Å². The number of benzene rings is 2. The first kappa shape index (κ1) is 22.8. The number of phenols is 1. The molecule has 0 amide bonds. The topological polar surface area (TPSA) is 32.3 Å². The molecule has 0 aromatic heterocycles. The van der Waals surface area contributed by atoms with Gasteiger partial charge in [-0.1, -0.05) is 77.9 Å². The van der Waals surface area contributed by atoms with Crippen molar-refractivity contribution in [2.24, 2.45) is 0 Å². The fourth-order valence-corrected chi connectivity index (χ4v) is 4.18. The summed E-state index contributed by atoms with van der Waals surface area (Å²) in [7, 11) is 0. The summed E-state index contributed by atoms with van der Waals surface area (Å²) in [5.74, 6) is 0.458. The molecule has 2 aromatic carbocycles. The average molecular weight is 402 g/mol. The largest absolute Gasteiger partial charge is 0.507 e. The van der Waals surface area contributed by atoms with Crippen LogP contribution < -0.4 is 5.32 Å². The summed E-state index contributed by atoms with van der Waals surface area (Å²) in [6.45, 7) is 15.3. The average Bonchev–Trinajstić information content (AvgIpc) is 2.94. The van der Waals surface area contributed by atoms with E-state index in [1.54, 1.807) is 0 Å². The summed E-state index contributed by atoms with van der Waals surface area (Å²) in [5.41, 5.74) is 6.09. The highest BCUT2D eigenvalue weighted by Gasteiger charge is 2.28. The Balaban J connectivity index is 0.00000280. The lowest BCUT2D eigenvalue weighted by atomic mass is 9.78. The summed E-state index contributed by atoms with van der Waals surface area (Å²) < 4.78 is 0. The van der Waals surface area contributed by atoms with Gasteiger partial charge in [0.2, 0.25) is 0 Å². The Morgan fingerprint density at radius 1 is 0.893 bits per heavy atom. The molecule has 3 rings (SSSR count). The molecule has 1 atom stereocenters. The zero-order chi connectivity index (χ0) is 20.0. The molecule has 1 aliphatic carbocycles.